The Balaban J connectivity index is 2.49. The minimum Gasteiger partial charge on any atom is -0.481 e. The molecule has 0 aromatic rings. The maximum Gasteiger partial charge on any atom is 0.421 e. The zero-order valence-corrected chi connectivity index (χ0v) is 10.7. The second-order valence-electron chi connectivity index (χ2n) is 4.08. The number of carboxylic acid groups (broad SMARTS) is 1. The van der Waals surface area contributed by atoms with E-state index < -0.39 is 28.2 Å². The highest BCUT2D eigenvalue weighted by Crippen LogP contribution is 2.31. The fourth-order valence-electron chi connectivity index (χ4n) is 2.01. The SMILES string of the molecule is COC(=O)NS(=O)(=O)NCC1CCCC1C(=O)O. The van der Waals surface area contributed by atoms with Crippen LogP contribution in [-0.2, 0) is 19.7 Å². The molecule has 1 rings (SSSR count). The average Bonchev–Trinajstić information content (AvgIpc) is 2.74. The molecule has 0 radical (unpaired) electrons. The third-order valence-electron chi connectivity index (χ3n) is 2.91. The number of carbonyl (C=O) groups is 2. The molecule has 1 aliphatic rings. The van der Waals surface area contributed by atoms with Crippen LogP contribution in [0.2, 0.25) is 0 Å². The molecule has 0 aliphatic heterocycles. The van der Waals surface area contributed by atoms with Gasteiger partial charge >= 0.3 is 22.3 Å². The third-order valence-corrected chi connectivity index (χ3v) is 3.90. The molecule has 1 fully saturated rings. The van der Waals surface area contributed by atoms with Gasteiger partial charge in [-0.05, 0) is 18.8 Å². The summed E-state index contributed by atoms with van der Waals surface area (Å²) in [6.45, 7) is -0.0106. The molecule has 3 N–H and O–H groups in total. The van der Waals surface area contributed by atoms with E-state index in [2.05, 4.69) is 9.46 Å². The van der Waals surface area contributed by atoms with E-state index in [9.17, 15) is 18.0 Å². The normalized spacial score (nSPS) is 23.6. The highest BCUT2D eigenvalue weighted by atomic mass is 32.2. The number of ether oxygens (including phenoxy) is 1. The summed E-state index contributed by atoms with van der Waals surface area (Å²) in [5, 5.41) is 8.93. The van der Waals surface area contributed by atoms with Gasteiger partial charge in [-0.15, -0.1) is 0 Å². The van der Waals surface area contributed by atoms with Gasteiger partial charge in [-0.3, -0.25) is 4.79 Å². The van der Waals surface area contributed by atoms with Crippen molar-refractivity contribution in [2.75, 3.05) is 13.7 Å². The van der Waals surface area contributed by atoms with Crippen molar-refractivity contribution in [1.82, 2.24) is 9.44 Å². The van der Waals surface area contributed by atoms with Crippen LogP contribution in [0, 0.1) is 11.8 Å². The van der Waals surface area contributed by atoms with Crippen molar-refractivity contribution < 1.29 is 27.9 Å². The van der Waals surface area contributed by atoms with Crippen molar-refractivity contribution in [1.29, 1.82) is 0 Å². The summed E-state index contributed by atoms with van der Waals surface area (Å²) < 4.78 is 30.7. The van der Waals surface area contributed by atoms with Crippen molar-refractivity contribution in [3.05, 3.63) is 0 Å². The zero-order valence-electron chi connectivity index (χ0n) is 9.88. The lowest BCUT2D eigenvalue weighted by Gasteiger charge is -2.16. The van der Waals surface area contributed by atoms with Crippen molar-refractivity contribution in [2.24, 2.45) is 11.8 Å². The number of carboxylic acids is 1. The van der Waals surface area contributed by atoms with E-state index in [0.717, 1.165) is 13.5 Å². The molecule has 18 heavy (non-hydrogen) atoms. The largest absolute Gasteiger partial charge is 0.481 e. The van der Waals surface area contributed by atoms with E-state index in [0.29, 0.717) is 12.8 Å². The first-order valence-corrected chi connectivity index (χ1v) is 6.92. The Hall–Kier alpha value is -1.35. The number of amides is 1. The van der Waals surface area contributed by atoms with Gasteiger partial charge in [0.05, 0.1) is 13.0 Å². The number of hydrogen-bond donors (Lipinski definition) is 3. The lowest BCUT2D eigenvalue weighted by Crippen LogP contribution is -2.43. The number of nitrogens with one attached hydrogen (secondary N) is 2. The Morgan fingerprint density at radius 1 is 1.39 bits per heavy atom. The van der Waals surface area contributed by atoms with Crippen molar-refractivity contribution in [2.45, 2.75) is 19.3 Å². The van der Waals surface area contributed by atoms with Crippen LogP contribution in [-0.4, -0.2) is 39.2 Å². The standard InChI is InChI=1S/C9H16N2O6S/c1-17-9(14)11-18(15,16)10-5-6-3-2-4-7(6)8(12)13/h6-7,10H,2-5H2,1H3,(H,11,14)(H,12,13). The van der Waals surface area contributed by atoms with Gasteiger partial charge in [0.1, 0.15) is 0 Å². The molecule has 1 amide bonds. The van der Waals surface area contributed by atoms with Crippen LogP contribution < -0.4 is 9.44 Å². The van der Waals surface area contributed by atoms with E-state index in [1.54, 1.807) is 4.72 Å². The second-order valence-corrected chi connectivity index (χ2v) is 5.58. The molecule has 2 atom stereocenters. The first-order valence-electron chi connectivity index (χ1n) is 5.44. The molecule has 2 unspecified atom stereocenters. The Kier molecular flexibility index (Phi) is 4.91. The van der Waals surface area contributed by atoms with Gasteiger partial charge in [0.15, 0.2) is 0 Å². The summed E-state index contributed by atoms with van der Waals surface area (Å²) in [5.41, 5.74) is 0. The molecule has 8 nitrogen and oxygen atoms in total. The zero-order chi connectivity index (χ0) is 13.8. The van der Waals surface area contributed by atoms with Crippen LogP contribution >= 0.6 is 0 Å². The summed E-state index contributed by atoms with van der Waals surface area (Å²) in [7, 11) is -2.95. The van der Waals surface area contributed by atoms with E-state index in [-0.39, 0.29) is 12.5 Å². The Morgan fingerprint density at radius 3 is 2.61 bits per heavy atom. The minimum absolute atomic E-state index is 0.0106. The van der Waals surface area contributed by atoms with Crippen LogP contribution in [0.1, 0.15) is 19.3 Å². The third kappa shape index (κ3) is 4.15. The minimum atomic E-state index is -4.00. The quantitative estimate of drug-likeness (QED) is 0.634. The molecular formula is C9H16N2O6S. The van der Waals surface area contributed by atoms with E-state index in [4.69, 9.17) is 5.11 Å². The number of methoxy groups -OCH3 is 1. The highest BCUT2D eigenvalue weighted by molar-refractivity contribution is 7.88. The van der Waals surface area contributed by atoms with Gasteiger partial charge in [0.2, 0.25) is 0 Å². The lowest BCUT2D eigenvalue weighted by molar-refractivity contribution is -0.142. The molecule has 0 bridgehead atoms. The number of hydrogen-bond acceptors (Lipinski definition) is 5. The summed E-state index contributed by atoms with van der Waals surface area (Å²) in [6.07, 6.45) is 0.862. The van der Waals surface area contributed by atoms with Gasteiger partial charge in [0, 0.05) is 6.54 Å². The Bertz CT molecular complexity index is 421. The fraction of sp³-hybridized carbons (Fsp3) is 0.778. The molecule has 9 heteroatoms. The highest BCUT2D eigenvalue weighted by Gasteiger charge is 2.33. The van der Waals surface area contributed by atoms with Gasteiger partial charge in [0.25, 0.3) is 0 Å². The first-order chi connectivity index (χ1) is 8.35. The monoisotopic (exact) mass is 280 g/mol. The van der Waals surface area contributed by atoms with E-state index in [1.807, 2.05) is 0 Å². The predicted molar refractivity (Wildman–Crippen MR) is 60.9 cm³/mol. The predicted octanol–water partition coefficient (Wildman–Crippen LogP) is -0.322. The second kappa shape index (κ2) is 6.01. The molecule has 1 aliphatic carbocycles. The summed E-state index contributed by atoms with van der Waals surface area (Å²) in [5.74, 6) is -1.71. The summed E-state index contributed by atoms with van der Waals surface area (Å²) in [4.78, 5) is 21.6. The van der Waals surface area contributed by atoms with Gasteiger partial charge in [-0.1, -0.05) is 6.42 Å². The average molecular weight is 280 g/mol. The molecular weight excluding hydrogens is 264 g/mol. The summed E-state index contributed by atoms with van der Waals surface area (Å²) >= 11 is 0. The van der Waals surface area contributed by atoms with Gasteiger partial charge < -0.3 is 9.84 Å². The van der Waals surface area contributed by atoms with Crippen molar-refractivity contribution in [3.63, 3.8) is 0 Å². The first kappa shape index (κ1) is 14.7. The summed E-state index contributed by atoms with van der Waals surface area (Å²) in [6, 6.07) is 0. The van der Waals surface area contributed by atoms with Crippen LogP contribution in [0.4, 0.5) is 4.79 Å². The van der Waals surface area contributed by atoms with Crippen LogP contribution in [0.25, 0.3) is 0 Å². The van der Waals surface area contributed by atoms with Crippen LogP contribution in [0.5, 0.6) is 0 Å². The molecule has 0 spiro atoms. The van der Waals surface area contributed by atoms with Crippen LogP contribution in [0.3, 0.4) is 0 Å². The molecule has 0 heterocycles. The number of rotatable bonds is 5. The van der Waals surface area contributed by atoms with E-state index in [1.165, 1.54) is 0 Å². The lowest BCUT2D eigenvalue weighted by atomic mass is 9.97. The Labute approximate surface area is 105 Å². The van der Waals surface area contributed by atoms with Gasteiger partial charge in [-0.25, -0.2) is 9.52 Å². The fourth-order valence-corrected chi connectivity index (χ4v) is 2.82. The number of aliphatic carboxylic acids is 1. The van der Waals surface area contributed by atoms with Gasteiger partial charge in [-0.2, -0.15) is 13.1 Å². The molecule has 104 valence electrons. The molecule has 1 saturated carbocycles. The van der Waals surface area contributed by atoms with Crippen molar-refractivity contribution in [3.8, 4) is 0 Å². The molecule has 0 aromatic heterocycles. The van der Waals surface area contributed by atoms with Crippen LogP contribution in [0.15, 0.2) is 0 Å². The Morgan fingerprint density at radius 2 is 2.06 bits per heavy atom. The molecule has 0 aromatic carbocycles. The smallest absolute Gasteiger partial charge is 0.421 e. The van der Waals surface area contributed by atoms with E-state index >= 15 is 0 Å². The number of carbonyl (C=O) groups excluding carboxylic acids is 1. The maximum atomic E-state index is 11.4. The molecule has 0 saturated heterocycles. The van der Waals surface area contributed by atoms with Crippen molar-refractivity contribution >= 4 is 22.3 Å². The topological polar surface area (TPSA) is 122 Å². The maximum absolute atomic E-state index is 11.4.